The standard InChI is InChI=1S/C19H17N5O2S/c1-19(11-6-3-2-4-7-11)17(25)24(18(26)22-19)23-15-14-12-8-5-9-13(12)27-16(14)21-10-20-15/h2-4,6-7,10H,5,8-9H2,1H3,(H,22,26)(H,20,21,23)/t19-/m0/s1. The molecule has 1 fully saturated rings. The molecule has 1 aliphatic carbocycles. The van der Waals surface area contributed by atoms with E-state index in [1.807, 2.05) is 30.3 Å². The van der Waals surface area contributed by atoms with Gasteiger partial charge in [-0.25, -0.2) is 14.8 Å². The molecule has 0 radical (unpaired) electrons. The number of hydrogen-bond donors (Lipinski definition) is 2. The van der Waals surface area contributed by atoms with Crippen LogP contribution in [-0.4, -0.2) is 26.9 Å². The molecular formula is C19H17N5O2S. The fourth-order valence-electron chi connectivity index (χ4n) is 3.83. The van der Waals surface area contributed by atoms with E-state index in [-0.39, 0.29) is 5.91 Å². The van der Waals surface area contributed by atoms with E-state index in [2.05, 4.69) is 20.7 Å². The molecule has 0 unspecified atom stereocenters. The lowest BCUT2D eigenvalue weighted by atomic mass is 9.92. The van der Waals surface area contributed by atoms with Crippen LogP contribution in [0.1, 0.15) is 29.3 Å². The van der Waals surface area contributed by atoms with Crippen molar-refractivity contribution < 1.29 is 9.59 Å². The molecule has 5 rings (SSSR count). The van der Waals surface area contributed by atoms with Gasteiger partial charge in [0.2, 0.25) is 0 Å². The van der Waals surface area contributed by atoms with Crippen LogP contribution < -0.4 is 10.7 Å². The number of hydrogen-bond acceptors (Lipinski definition) is 6. The van der Waals surface area contributed by atoms with E-state index in [4.69, 9.17) is 0 Å². The number of hydrazine groups is 1. The largest absolute Gasteiger partial charge is 0.344 e. The Hall–Kier alpha value is -3.00. The minimum absolute atomic E-state index is 0.364. The van der Waals surface area contributed by atoms with Crippen LogP contribution in [0.4, 0.5) is 10.6 Å². The summed E-state index contributed by atoms with van der Waals surface area (Å²) in [5.74, 6) is 0.137. The summed E-state index contributed by atoms with van der Waals surface area (Å²) in [6.45, 7) is 1.71. The number of benzene rings is 1. The summed E-state index contributed by atoms with van der Waals surface area (Å²) in [4.78, 5) is 36.5. The van der Waals surface area contributed by atoms with Crippen LogP contribution in [0.3, 0.4) is 0 Å². The minimum atomic E-state index is -1.12. The average molecular weight is 379 g/mol. The van der Waals surface area contributed by atoms with Gasteiger partial charge >= 0.3 is 6.03 Å². The van der Waals surface area contributed by atoms with Crippen LogP contribution in [0.15, 0.2) is 36.7 Å². The van der Waals surface area contributed by atoms with Crippen molar-refractivity contribution in [3.63, 3.8) is 0 Å². The molecule has 1 aliphatic heterocycles. The van der Waals surface area contributed by atoms with Gasteiger partial charge in [-0.1, -0.05) is 30.3 Å². The lowest BCUT2D eigenvalue weighted by Crippen LogP contribution is -2.41. The number of fused-ring (bicyclic) bond motifs is 3. The number of anilines is 1. The van der Waals surface area contributed by atoms with Crippen molar-refractivity contribution in [3.05, 3.63) is 52.7 Å². The fourth-order valence-corrected chi connectivity index (χ4v) is 5.06. The number of amides is 3. The SMILES string of the molecule is C[C@@]1(c2ccccc2)NC(=O)N(Nc2ncnc3sc4c(c23)CCC4)C1=O. The molecule has 27 heavy (non-hydrogen) atoms. The first-order chi connectivity index (χ1) is 13.1. The van der Waals surface area contributed by atoms with Crippen LogP contribution >= 0.6 is 11.3 Å². The normalized spacial score (nSPS) is 21.6. The summed E-state index contributed by atoms with van der Waals surface area (Å²) in [5.41, 5.74) is 3.80. The van der Waals surface area contributed by atoms with Crippen molar-refractivity contribution in [2.24, 2.45) is 0 Å². The van der Waals surface area contributed by atoms with E-state index >= 15 is 0 Å². The molecule has 1 aromatic carbocycles. The van der Waals surface area contributed by atoms with Crippen LogP contribution in [0.5, 0.6) is 0 Å². The highest BCUT2D eigenvalue weighted by Gasteiger charge is 2.49. The van der Waals surface area contributed by atoms with E-state index < -0.39 is 11.6 Å². The van der Waals surface area contributed by atoms with Gasteiger partial charge < -0.3 is 5.32 Å². The first-order valence-corrected chi connectivity index (χ1v) is 9.64. The van der Waals surface area contributed by atoms with E-state index in [9.17, 15) is 9.59 Å². The Balaban J connectivity index is 1.53. The molecule has 2 N–H and O–H groups in total. The molecule has 3 heterocycles. The minimum Gasteiger partial charge on any atom is -0.318 e. The van der Waals surface area contributed by atoms with Crippen LogP contribution in [0.25, 0.3) is 10.2 Å². The van der Waals surface area contributed by atoms with Crippen molar-refractivity contribution in [1.82, 2.24) is 20.3 Å². The number of aromatic nitrogens is 2. The zero-order chi connectivity index (χ0) is 18.6. The van der Waals surface area contributed by atoms with Gasteiger partial charge in [0.15, 0.2) is 5.82 Å². The molecule has 1 atom stereocenters. The lowest BCUT2D eigenvalue weighted by Gasteiger charge is -2.22. The summed E-state index contributed by atoms with van der Waals surface area (Å²) in [5, 5.41) is 4.74. The molecule has 8 heteroatoms. The predicted molar refractivity (Wildman–Crippen MR) is 102 cm³/mol. The summed E-state index contributed by atoms with van der Waals surface area (Å²) >= 11 is 1.66. The number of rotatable bonds is 3. The Morgan fingerprint density at radius 2 is 2.00 bits per heavy atom. The van der Waals surface area contributed by atoms with Gasteiger partial charge in [0.05, 0.1) is 5.39 Å². The van der Waals surface area contributed by atoms with Crippen molar-refractivity contribution in [3.8, 4) is 0 Å². The Bertz CT molecular complexity index is 1080. The Labute approximate surface area is 159 Å². The summed E-state index contributed by atoms with van der Waals surface area (Å²) < 4.78 is 0. The zero-order valence-corrected chi connectivity index (χ0v) is 15.5. The van der Waals surface area contributed by atoms with E-state index in [0.717, 1.165) is 40.1 Å². The monoisotopic (exact) mass is 379 g/mol. The first kappa shape index (κ1) is 16.2. The quantitative estimate of drug-likeness (QED) is 0.683. The van der Waals surface area contributed by atoms with E-state index in [0.29, 0.717) is 5.82 Å². The van der Waals surface area contributed by atoms with Gasteiger partial charge in [0.1, 0.15) is 16.7 Å². The number of nitrogens with one attached hydrogen (secondary N) is 2. The second-order valence-electron chi connectivity index (χ2n) is 6.93. The van der Waals surface area contributed by atoms with Crippen molar-refractivity contribution in [2.45, 2.75) is 31.7 Å². The fraction of sp³-hybridized carbons (Fsp3) is 0.263. The Morgan fingerprint density at radius 3 is 2.81 bits per heavy atom. The van der Waals surface area contributed by atoms with Crippen molar-refractivity contribution >= 4 is 39.3 Å². The first-order valence-electron chi connectivity index (χ1n) is 8.82. The van der Waals surface area contributed by atoms with Gasteiger partial charge in [-0.2, -0.15) is 5.01 Å². The molecule has 136 valence electrons. The number of carbonyl (C=O) groups excluding carboxylic acids is 2. The number of nitrogens with zero attached hydrogens (tertiary/aromatic N) is 3. The van der Waals surface area contributed by atoms with E-state index in [1.54, 1.807) is 18.3 Å². The van der Waals surface area contributed by atoms with E-state index in [1.165, 1.54) is 16.8 Å². The maximum absolute atomic E-state index is 13.1. The molecular weight excluding hydrogens is 362 g/mol. The lowest BCUT2D eigenvalue weighted by molar-refractivity contribution is -0.130. The van der Waals surface area contributed by atoms with Crippen LogP contribution in [0, 0.1) is 0 Å². The van der Waals surface area contributed by atoms with Gasteiger partial charge in [-0.3, -0.25) is 10.2 Å². The van der Waals surface area contributed by atoms with Gasteiger partial charge in [-0.15, -0.1) is 11.3 Å². The zero-order valence-electron chi connectivity index (χ0n) is 14.7. The van der Waals surface area contributed by atoms with Crippen molar-refractivity contribution in [1.29, 1.82) is 0 Å². The third kappa shape index (κ3) is 2.33. The van der Waals surface area contributed by atoms with Crippen LogP contribution in [0.2, 0.25) is 0 Å². The topological polar surface area (TPSA) is 87.2 Å². The molecule has 2 aliphatic rings. The molecule has 3 amide bonds. The van der Waals surface area contributed by atoms with Gasteiger partial charge in [0.25, 0.3) is 5.91 Å². The molecule has 0 saturated carbocycles. The number of carbonyl (C=O) groups is 2. The van der Waals surface area contributed by atoms with Gasteiger partial charge in [0, 0.05) is 4.88 Å². The number of aryl methyl sites for hydroxylation is 2. The molecule has 7 nitrogen and oxygen atoms in total. The number of imide groups is 1. The third-order valence-corrected chi connectivity index (χ3v) is 6.46. The number of thiophene rings is 1. The third-order valence-electron chi connectivity index (χ3n) is 5.26. The molecule has 0 bridgehead atoms. The maximum atomic E-state index is 13.1. The predicted octanol–water partition coefficient (Wildman–Crippen LogP) is 2.97. The number of urea groups is 1. The highest BCUT2D eigenvalue weighted by atomic mass is 32.1. The Kier molecular flexibility index (Phi) is 3.45. The molecule has 2 aromatic heterocycles. The average Bonchev–Trinajstić information content (AvgIpc) is 3.32. The molecule has 0 spiro atoms. The summed E-state index contributed by atoms with van der Waals surface area (Å²) in [6.07, 6.45) is 4.59. The second-order valence-corrected chi connectivity index (χ2v) is 8.02. The summed E-state index contributed by atoms with van der Waals surface area (Å²) in [6, 6.07) is 8.73. The Morgan fingerprint density at radius 1 is 1.19 bits per heavy atom. The maximum Gasteiger partial charge on any atom is 0.344 e. The molecule has 1 saturated heterocycles. The second kappa shape index (κ2) is 5.75. The summed E-state index contributed by atoms with van der Waals surface area (Å²) in [7, 11) is 0. The highest BCUT2D eigenvalue weighted by Crippen LogP contribution is 2.39. The van der Waals surface area contributed by atoms with Crippen molar-refractivity contribution in [2.75, 3.05) is 5.43 Å². The van der Waals surface area contributed by atoms with Gasteiger partial charge in [-0.05, 0) is 37.3 Å². The molecule has 3 aromatic rings. The van der Waals surface area contributed by atoms with Crippen LogP contribution in [-0.2, 0) is 23.2 Å². The highest BCUT2D eigenvalue weighted by molar-refractivity contribution is 7.19. The smallest absolute Gasteiger partial charge is 0.318 e.